The van der Waals surface area contributed by atoms with Crippen molar-refractivity contribution in [3.63, 3.8) is 0 Å². The van der Waals surface area contributed by atoms with Crippen molar-refractivity contribution in [3.8, 4) is 0 Å². The van der Waals surface area contributed by atoms with E-state index >= 15 is 0 Å². The molecule has 0 aliphatic rings. The van der Waals surface area contributed by atoms with Gasteiger partial charge in [0, 0.05) is 23.6 Å². The Hall–Kier alpha value is -2.73. The normalized spacial score (nSPS) is 12.4. The van der Waals surface area contributed by atoms with Crippen LogP contribution in [0.3, 0.4) is 0 Å². The second kappa shape index (κ2) is 5.34. The van der Waals surface area contributed by atoms with Crippen molar-refractivity contribution in [3.05, 3.63) is 70.4 Å². The van der Waals surface area contributed by atoms with E-state index < -0.39 is 4.92 Å². The highest BCUT2D eigenvalue weighted by atomic mass is 16.6. The van der Waals surface area contributed by atoms with Crippen LogP contribution in [0.25, 0.3) is 10.9 Å². The highest BCUT2D eigenvalue weighted by Crippen LogP contribution is 2.22. The lowest BCUT2D eigenvalue weighted by atomic mass is 10.1. The fourth-order valence-electron chi connectivity index (χ4n) is 2.31. The van der Waals surface area contributed by atoms with Crippen LogP contribution in [0.1, 0.15) is 11.6 Å². The van der Waals surface area contributed by atoms with Crippen LogP contribution in [0.4, 0.5) is 5.69 Å². The van der Waals surface area contributed by atoms with Crippen LogP contribution in [0.15, 0.2) is 54.7 Å². The summed E-state index contributed by atoms with van der Waals surface area (Å²) in [5.74, 6) is 0. The second-order valence-corrected chi connectivity index (χ2v) is 4.84. The maximum absolute atomic E-state index is 10.9. The Balaban J connectivity index is 1.93. The van der Waals surface area contributed by atoms with E-state index in [2.05, 4.69) is 5.10 Å². The molecule has 1 aromatic heterocycles. The molecule has 0 radical (unpaired) electrons. The summed E-state index contributed by atoms with van der Waals surface area (Å²) in [6.07, 6.45) is 1.69. The topological polar surface area (TPSA) is 87.0 Å². The van der Waals surface area contributed by atoms with Gasteiger partial charge >= 0.3 is 0 Å². The molecule has 3 aromatic rings. The van der Waals surface area contributed by atoms with Crippen LogP contribution >= 0.6 is 0 Å². The van der Waals surface area contributed by atoms with Crippen molar-refractivity contribution < 1.29 is 4.92 Å². The van der Waals surface area contributed by atoms with Crippen molar-refractivity contribution in [2.24, 2.45) is 5.73 Å². The molecule has 21 heavy (non-hydrogen) atoms. The van der Waals surface area contributed by atoms with Gasteiger partial charge in [0.2, 0.25) is 0 Å². The van der Waals surface area contributed by atoms with Crippen molar-refractivity contribution in [1.82, 2.24) is 9.78 Å². The van der Waals surface area contributed by atoms with Crippen LogP contribution in [-0.2, 0) is 6.54 Å². The average Bonchev–Trinajstić information content (AvgIpc) is 2.90. The number of hydrogen-bond donors (Lipinski definition) is 1. The van der Waals surface area contributed by atoms with Crippen molar-refractivity contribution in [2.75, 3.05) is 0 Å². The summed E-state index contributed by atoms with van der Waals surface area (Å²) in [6, 6.07) is 14.2. The van der Waals surface area contributed by atoms with Crippen molar-refractivity contribution >= 4 is 16.6 Å². The van der Waals surface area contributed by atoms with Crippen molar-refractivity contribution in [2.45, 2.75) is 12.6 Å². The Morgan fingerprint density at radius 1 is 1.24 bits per heavy atom. The fourth-order valence-corrected chi connectivity index (χ4v) is 2.31. The molecule has 3 rings (SSSR count). The molecule has 2 aromatic carbocycles. The predicted molar refractivity (Wildman–Crippen MR) is 79.8 cm³/mol. The monoisotopic (exact) mass is 282 g/mol. The van der Waals surface area contributed by atoms with Crippen LogP contribution in [0.5, 0.6) is 0 Å². The highest BCUT2D eigenvalue weighted by Gasteiger charge is 2.13. The van der Waals surface area contributed by atoms with E-state index in [1.54, 1.807) is 16.9 Å². The molecule has 2 N–H and O–H groups in total. The van der Waals surface area contributed by atoms with Gasteiger partial charge < -0.3 is 5.73 Å². The lowest BCUT2D eigenvalue weighted by molar-refractivity contribution is -0.384. The first-order valence-electron chi connectivity index (χ1n) is 6.55. The predicted octanol–water partition coefficient (Wildman–Crippen LogP) is 2.64. The van der Waals surface area contributed by atoms with Gasteiger partial charge in [-0.3, -0.25) is 14.8 Å². The average molecular weight is 282 g/mol. The first-order valence-corrected chi connectivity index (χ1v) is 6.55. The largest absolute Gasteiger partial charge is 0.322 e. The highest BCUT2D eigenvalue weighted by molar-refractivity contribution is 5.80. The summed E-state index contributed by atoms with van der Waals surface area (Å²) in [6.45, 7) is 0.467. The third kappa shape index (κ3) is 2.61. The molecular weight excluding hydrogens is 268 g/mol. The van der Waals surface area contributed by atoms with Gasteiger partial charge in [0.05, 0.1) is 23.2 Å². The summed E-state index contributed by atoms with van der Waals surface area (Å²) >= 11 is 0. The van der Waals surface area contributed by atoms with E-state index in [0.717, 1.165) is 16.5 Å². The van der Waals surface area contributed by atoms with Gasteiger partial charge in [0.15, 0.2) is 0 Å². The number of non-ortho nitro benzene ring substituents is 1. The molecular formula is C15H14N4O2. The third-order valence-electron chi connectivity index (χ3n) is 3.44. The summed E-state index contributed by atoms with van der Waals surface area (Å²) in [5.41, 5.74) is 7.96. The summed E-state index contributed by atoms with van der Waals surface area (Å²) < 4.78 is 1.71. The molecule has 0 aliphatic heterocycles. The number of nitro groups is 1. The van der Waals surface area contributed by atoms with E-state index in [0.29, 0.717) is 6.54 Å². The van der Waals surface area contributed by atoms with Crippen LogP contribution in [0.2, 0.25) is 0 Å². The van der Waals surface area contributed by atoms with Crippen LogP contribution in [-0.4, -0.2) is 14.7 Å². The first-order chi connectivity index (χ1) is 10.1. The summed E-state index contributed by atoms with van der Waals surface area (Å²) in [4.78, 5) is 10.5. The SMILES string of the molecule is NC(Cn1ncc2ccc([N+](=O)[O-])cc21)c1ccccc1. The third-order valence-corrected chi connectivity index (χ3v) is 3.44. The number of benzene rings is 2. The molecule has 0 saturated heterocycles. The quantitative estimate of drug-likeness (QED) is 0.588. The molecule has 1 atom stereocenters. The molecule has 0 bridgehead atoms. The molecule has 1 heterocycles. The number of nitrogens with zero attached hydrogens (tertiary/aromatic N) is 3. The fraction of sp³-hybridized carbons (Fsp3) is 0.133. The Morgan fingerprint density at radius 2 is 2.00 bits per heavy atom. The smallest absolute Gasteiger partial charge is 0.271 e. The Bertz CT molecular complexity index is 783. The molecule has 106 valence electrons. The molecule has 0 aliphatic carbocycles. The van der Waals surface area contributed by atoms with E-state index in [1.165, 1.54) is 12.1 Å². The zero-order valence-electron chi connectivity index (χ0n) is 11.2. The van der Waals surface area contributed by atoms with Gasteiger partial charge in [-0.05, 0) is 11.6 Å². The molecule has 0 spiro atoms. The van der Waals surface area contributed by atoms with Gasteiger partial charge in [0.1, 0.15) is 0 Å². The van der Waals surface area contributed by atoms with E-state index in [-0.39, 0.29) is 11.7 Å². The minimum absolute atomic E-state index is 0.0533. The second-order valence-electron chi connectivity index (χ2n) is 4.84. The minimum Gasteiger partial charge on any atom is -0.322 e. The maximum Gasteiger partial charge on any atom is 0.271 e. The molecule has 0 saturated carbocycles. The van der Waals surface area contributed by atoms with Gasteiger partial charge in [0.25, 0.3) is 5.69 Å². The molecule has 6 heteroatoms. The Morgan fingerprint density at radius 3 is 2.71 bits per heavy atom. The van der Waals surface area contributed by atoms with E-state index in [4.69, 9.17) is 5.73 Å². The minimum atomic E-state index is -0.409. The number of fused-ring (bicyclic) bond motifs is 1. The zero-order valence-corrected chi connectivity index (χ0v) is 11.2. The molecule has 0 amide bonds. The van der Waals surface area contributed by atoms with Gasteiger partial charge in [-0.15, -0.1) is 0 Å². The molecule has 1 unspecified atom stereocenters. The Kier molecular flexibility index (Phi) is 3.37. The van der Waals surface area contributed by atoms with Gasteiger partial charge in [-0.1, -0.05) is 30.3 Å². The number of nitrogens with two attached hydrogens (primary N) is 1. The van der Waals surface area contributed by atoms with Gasteiger partial charge in [-0.25, -0.2) is 0 Å². The van der Waals surface area contributed by atoms with Crippen LogP contribution in [0, 0.1) is 10.1 Å². The number of rotatable bonds is 4. The number of hydrogen-bond acceptors (Lipinski definition) is 4. The number of aromatic nitrogens is 2. The zero-order chi connectivity index (χ0) is 14.8. The molecule has 6 nitrogen and oxygen atoms in total. The van der Waals surface area contributed by atoms with Crippen LogP contribution < -0.4 is 5.73 Å². The maximum atomic E-state index is 10.9. The lowest BCUT2D eigenvalue weighted by Crippen LogP contribution is -2.18. The standard InChI is InChI=1S/C15H14N4O2/c16-14(11-4-2-1-3-5-11)10-18-15-8-13(19(20)21)7-6-12(15)9-17-18/h1-9,14H,10,16H2. The lowest BCUT2D eigenvalue weighted by Gasteiger charge is -2.12. The number of nitro benzene ring substituents is 1. The van der Waals surface area contributed by atoms with E-state index in [1.807, 2.05) is 30.3 Å². The van der Waals surface area contributed by atoms with Gasteiger partial charge in [-0.2, -0.15) is 5.10 Å². The van der Waals surface area contributed by atoms with E-state index in [9.17, 15) is 10.1 Å². The summed E-state index contributed by atoms with van der Waals surface area (Å²) in [5, 5.41) is 16.0. The first kappa shape index (κ1) is 13.3. The molecule has 0 fully saturated rings. The Labute approximate surface area is 121 Å². The van der Waals surface area contributed by atoms with Crippen molar-refractivity contribution in [1.29, 1.82) is 0 Å². The summed E-state index contributed by atoms with van der Waals surface area (Å²) in [7, 11) is 0.